The van der Waals surface area contributed by atoms with Crippen LogP contribution >= 0.6 is 11.6 Å². The van der Waals surface area contributed by atoms with Gasteiger partial charge in [0.1, 0.15) is 11.1 Å². The van der Waals surface area contributed by atoms with Crippen molar-refractivity contribution in [2.75, 3.05) is 0 Å². The van der Waals surface area contributed by atoms with Gasteiger partial charge in [-0.2, -0.15) is 5.26 Å². The molecule has 1 aromatic carbocycles. The average Bonchev–Trinajstić information content (AvgIpc) is 3.19. The Morgan fingerprint density at radius 1 is 1.58 bits per heavy atom. The number of nitro groups is 1. The highest BCUT2D eigenvalue weighted by Gasteiger charge is 2.32. The third-order valence-corrected chi connectivity index (χ3v) is 3.23. The molecule has 1 N–H and O–H groups in total. The fourth-order valence-corrected chi connectivity index (χ4v) is 1.96. The minimum absolute atomic E-state index is 0.0995. The van der Waals surface area contributed by atoms with E-state index in [1.165, 1.54) is 18.2 Å². The zero-order valence-corrected chi connectivity index (χ0v) is 10.6. The highest BCUT2D eigenvalue weighted by atomic mass is 35.5. The van der Waals surface area contributed by atoms with Crippen LogP contribution in [0, 0.1) is 27.4 Å². The maximum Gasteiger partial charge on any atom is 0.287 e. The molecule has 1 aliphatic rings. The van der Waals surface area contributed by atoms with Gasteiger partial charge in [0.15, 0.2) is 0 Å². The summed E-state index contributed by atoms with van der Waals surface area (Å²) in [7, 11) is 0. The molecule has 0 aliphatic heterocycles. The summed E-state index contributed by atoms with van der Waals surface area (Å²) in [5.41, 5.74) is -0.0475. The van der Waals surface area contributed by atoms with Gasteiger partial charge in [-0.25, -0.2) is 0 Å². The topological polar surface area (TPSA) is 96.0 Å². The third kappa shape index (κ3) is 3.01. The number of benzene rings is 1. The number of carbonyl (C=O) groups is 1. The molecule has 1 atom stereocenters. The lowest BCUT2D eigenvalue weighted by Gasteiger charge is -2.10. The number of halogens is 1. The summed E-state index contributed by atoms with van der Waals surface area (Å²) < 4.78 is 0. The molecule has 0 aromatic heterocycles. The number of amides is 1. The standard InChI is InChI=1S/C12H10ClN3O3/c13-9-5-8(3-4-11(9)16(18)19)12(17)15-10(6-14)7-1-2-7/h3-5,7,10H,1-2H2,(H,15,17). The fraction of sp³-hybridized carbons (Fsp3) is 0.333. The minimum Gasteiger partial charge on any atom is -0.336 e. The molecule has 19 heavy (non-hydrogen) atoms. The Labute approximate surface area is 114 Å². The van der Waals surface area contributed by atoms with Crippen molar-refractivity contribution in [1.82, 2.24) is 5.32 Å². The summed E-state index contributed by atoms with van der Waals surface area (Å²) in [5, 5.41) is 22.0. The van der Waals surface area contributed by atoms with Crippen LogP contribution in [0.2, 0.25) is 5.02 Å². The Balaban J connectivity index is 2.13. The summed E-state index contributed by atoms with van der Waals surface area (Å²) in [4.78, 5) is 21.9. The quantitative estimate of drug-likeness (QED) is 0.675. The number of nitriles is 1. The van der Waals surface area contributed by atoms with Crippen LogP contribution in [0.1, 0.15) is 23.2 Å². The molecule has 6 nitrogen and oxygen atoms in total. The smallest absolute Gasteiger partial charge is 0.287 e. The van der Waals surface area contributed by atoms with Gasteiger partial charge in [-0.3, -0.25) is 14.9 Å². The number of carbonyl (C=O) groups excluding carboxylic acids is 1. The highest BCUT2D eigenvalue weighted by Crippen LogP contribution is 2.32. The van der Waals surface area contributed by atoms with E-state index in [9.17, 15) is 14.9 Å². The molecule has 7 heteroatoms. The Kier molecular flexibility index (Phi) is 3.67. The summed E-state index contributed by atoms with van der Waals surface area (Å²) >= 11 is 5.73. The number of hydrogen-bond donors (Lipinski definition) is 1. The molecule has 0 bridgehead atoms. The molecule has 98 valence electrons. The predicted molar refractivity (Wildman–Crippen MR) is 67.7 cm³/mol. The van der Waals surface area contributed by atoms with Gasteiger partial charge in [-0.15, -0.1) is 0 Å². The summed E-state index contributed by atoms with van der Waals surface area (Å²) in [6.07, 6.45) is 1.86. The second kappa shape index (κ2) is 5.24. The van der Waals surface area contributed by atoms with Crippen LogP contribution in [-0.4, -0.2) is 16.9 Å². The van der Waals surface area contributed by atoms with Crippen LogP contribution in [-0.2, 0) is 0 Å². The van der Waals surface area contributed by atoms with Gasteiger partial charge in [0.25, 0.3) is 11.6 Å². The van der Waals surface area contributed by atoms with Gasteiger partial charge in [0, 0.05) is 11.6 Å². The lowest BCUT2D eigenvalue weighted by molar-refractivity contribution is -0.384. The first-order valence-corrected chi connectivity index (χ1v) is 6.05. The van der Waals surface area contributed by atoms with Crippen LogP contribution in [0.15, 0.2) is 18.2 Å². The van der Waals surface area contributed by atoms with Crippen molar-refractivity contribution in [2.24, 2.45) is 5.92 Å². The molecule has 2 rings (SSSR count). The first-order chi connectivity index (χ1) is 9.02. The molecule has 0 radical (unpaired) electrons. The van der Waals surface area contributed by atoms with Crippen molar-refractivity contribution in [3.05, 3.63) is 38.9 Å². The number of nitrogens with one attached hydrogen (secondary N) is 1. The van der Waals surface area contributed by atoms with Gasteiger partial charge < -0.3 is 5.32 Å². The lowest BCUT2D eigenvalue weighted by atomic mass is 10.1. The zero-order valence-electron chi connectivity index (χ0n) is 9.80. The average molecular weight is 280 g/mol. The van der Waals surface area contributed by atoms with Gasteiger partial charge in [-0.05, 0) is 30.9 Å². The van der Waals surface area contributed by atoms with E-state index in [4.69, 9.17) is 16.9 Å². The van der Waals surface area contributed by atoms with E-state index in [2.05, 4.69) is 5.32 Å². The molecular weight excluding hydrogens is 270 g/mol. The molecule has 1 saturated carbocycles. The summed E-state index contributed by atoms with van der Waals surface area (Å²) in [6, 6.07) is 5.25. The van der Waals surface area contributed by atoms with Crippen molar-refractivity contribution < 1.29 is 9.72 Å². The van der Waals surface area contributed by atoms with E-state index >= 15 is 0 Å². The van der Waals surface area contributed by atoms with Crippen molar-refractivity contribution in [1.29, 1.82) is 5.26 Å². The van der Waals surface area contributed by atoms with E-state index in [1.54, 1.807) is 0 Å². The third-order valence-electron chi connectivity index (χ3n) is 2.93. The van der Waals surface area contributed by atoms with Crippen molar-refractivity contribution >= 4 is 23.2 Å². The van der Waals surface area contributed by atoms with E-state index in [1.807, 2.05) is 6.07 Å². The van der Waals surface area contributed by atoms with Gasteiger partial charge in [-0.1, -0.05) is 11.6 Å². The SMILES string of the molecule is N#CC(NC(=O)c1ccc([N+](=O)[O-])c(Cl)c1)C1CC1. The highest BCUT2D eigenvalue weighted by molar-refractivity contribution is 6.33. The lowest BCUT2D eigenvalue weighted by Crippen LogP contribution is -2.35. The van der Waals surface area contributed by atoms with Crippen molar-refractivity contribution in [3.63, 3.8) is 0 Å². The van der Waals surface area contributed by atoms with E-state index < -0.39 is 16.9 Å². The molecular formula is C12H10ClN3O3. The van der Waals surface area contributed by atoms with Gasteiger partial charge >= 0.3 is 0 Å². The predicted octanol–water partition coefficient (Wildman–Crippen LogP) is 2.28. The van der Waals surface area contributed by atoms with E-state index in [-0.39, 0.29) is 22.2 Å². The summed E-state index contributed by atoms with van der Waals surface area (Å²) in [6.45, 7) is 0. The molecule has 0 heterocycles. The van der Waals surface area contributed by atoms with Crippen LogP contribution in [0.4, 0.5) is 5.69 Å². The molecule has 1 aliphatic carbocycles. The first-order valence-electron chi connectivity index (χ1n) is 5.67. The zero-order chi connectivity index (χ0) is 14.0. The van der Waals surface area contributed by atoms with Crippen LogP contribution < -0.4 is 5.32 Å². The Bertz CT molecular complexity index is 578. The first kappa shape index (κ1) is 13.3. The number of nitrogens with zero attached hydrogens (tertiary/aromatic N) is 2. The van der Waals surface area contributed by atoms with Crippen LogP contribution in [0.25, 0.3) is 0 Å². The van der Waals surface area contributed by atoms with Crippen LogP contribution in [0.5, 0.6) is 0 Å². The van der Waals surface area contributed by atoms with Crippen molar-refractivity contribution in [2.45, 2.75) is 18.9 Å². The maximum atomic E-state index is 11.9. The number of hydrogen-bond acceptors (Lipinski definition) is 4. The number of nitro benzene ring substituents is 1. The largest absolute Gasteiger partial charge is 0.336 e. The number of rotatable bonds is 4. The van der Waals surface area contributed by atoms with Crippen molar-refractivity contribution in [3.8, 4) is 6.07 Å². The molecule has 0 saturated heterocycles. The second-order valence-corrected chi connectivity index (χ2v) is 4.75. The normalized spacial score (nSPS) is 15.4. The van der Waals surface area contributed by atoms with Gasteiger partial charge in [0.05, 0.1) is 11.0 Å². The van der Waals surface area contributed by atoms with E-state index in [0.717, 1.165) is 12.8 Å². The Morgan fingerprint density at radius 2 is 2.26 bits per heavy atom. The molecule has 1 unspecified atom stereocenters. The molecule has 0 spiro atoms. The molecule has 1 aromatic rings. The molecule has 1 amide bonds. The Morgan fingerprint density at radius 3 is 2.74 bits per heavy atom. The second-order valence-electron chi connectivity index (χ2n) is 4.34. The van der Waals surface area contributed by atoms with Crippen LogP contribution in [0.3, 0.4) is 0 Å². The van der Waals surface area contributed by atoms with Gasteiger partial charge in [0.2, 0.25) is 0 Å². The summed E-state index contributed by atoms with van der Waals surface area (Å²) in [5.74, 6) is -0.238. The molecule has 1 fully saturated rings. The van der Waals surface area contributed by atoms with E-state index in [0.29, 0.717) is 0 Å². The Hall–Kier alpha value is -2.13. The maximum absolute atomic E-state index is 11.9. The minimum atomic E-state index is -0.619. The fourth-order valence-electron chi connectivity index (χ4n) is 1.71. The monoisotopic (exact) mass is 279 g/mol.